The molecule has 6 nitrogen and oxygen atoms in total. The average Bonchev–Trinajstić information content (AvgIpc) is 3.49. The van der Waals surface area contributed by atoms with Crippen LogP contribution in [0.3, 0.4) is 0 Å². The Morgan fingerprint density at radius 1 is 1.15 bits per heavy atom. The summed E-state index contributed by atoms with van der Waals surface area (Å²) in [5, 5.41) is 0.862. The van der Waals surface area contributed by atoms with E-state index in [1.807, 2.05) is 19.1 Å². The molecule has 1 aliphatic carbocycles. The Balaban J connectivity index is 2.07. The quantitative estimate of drug-likeness (QED) is 0.718. The second-order valence-electron chi connectivity index (χ2n) is 6.53. The molecule has 2 N–H and O–H groups in total. The number of aromatic nitrogens is 3. The molecule has 0 saturated heterocycles. The lowest BCUT2D eigenvalue weighted by molar-refractivity contribution is 0.381. The highest BCUT2D eigenvalue weighted by Gasteiger charge is 2.32. The summed E-state index contributed by atoms with van der Waals surface area (Å²) in [4.78, 5) is 12.5. The number of anilines is 1. The Morgan fingerprint density at radius 3 is 2.52 bits per heavy atom. The Labute approximate surface area is 160 Å². The topological polar surface area (TPSA) is 83.2 Å². The van der Waals surface area contributed by atoms with E-state index < -0.39 is 5.82 Å². The average molecular weight is 389 g/mol. The third-order valence-electron chi connectivity index (χ3n) is 4.75. The lowest BCUT2D eigenvalue weighted by Crippen LogP contribution is -2.05. The van der Waals surface area contributed by atoms with Crippen LogP contribution in [-0.2, 0) is 0 Å². The minimum Gasteiger partial charge on any atom is -0.480 e. The summed E-state index contributed by atoms with van der Waals surface area (Å²) in [5.74, 6) is -0.115. The fourth-order valence-electron chi connectivity index (χ4n) is 3.24. The van der Waals surface area contributed by atoms with Crippen LogP contribution in [0.1, 0.15) is 29.9 Å². The van der Waals surface area contributed by atoms with E-state index in [4.69, 9.17) is 26.8 Å². The summed E-state index contributed by atoms with van der Waals surface area (Å²) < 4.78 is 25.9. The maximum absolute atomic E-state index is 15.5. The van der Waals surface area contributed by atoms with Gasteiger partial charge in [-0.25, -0.2) is 9.37 Å². The van der Waals surface area contributed by atoms with E-state index in [0.717, 1.165) is 24.0 Å². The lowest BCUT2D eigenvalue weighted by Gasteiger charge is -2.16. The second-order valence-corrected chi connectivity index (χ2v) is 6.91. The first-order valence-electron chi connectivity index (χ1n) is 8.50. The molecule has 140 valence electrons. The van der Waals surface area contributed by atoms with Gasteiger partial charge < -0.3 is 15.2 Å². The fraction of sp³-hybridized carbons (Fsp3) is 0.316. The van der Waals surface area contributed by atoms with Gasteiger partial charge in [-0.15, -0.1) is 0 Å². The highest BCUT2D eigenvalue weighted by molar-refractivity contribution is 6.32. The monoisotopic (exact) mass is 388 g/mol. The van der Waals surface area contributed by atoms with Crippen molar-refractivity contribution in [1.29, 1.82) is 0 Å². The summed E-state index contributed by atoms with van der Waals surface area (Å²) in [5.41, 5.74) is 8.59. The Hall–Kier alpha value is -2.67. The number of hydrogen-bond acceptors (Lipinski definition) is 6. The van der Waals surface area contributed by atoms with Crippen LogP contribution in [0.25, 0.3) is 22.2 Å². The highest BCUT2D eigenvalue weighted by Crippen LogP contribution is 2.49. The Kier molecular flexibility index (Phi) is 4.26. The van der Waals surface area contributed by atoms with Crippen LogP contribution in [0.4, 0.5) is 10.2 Å². The number of rotatable bonds is 4. The number of benzene rings is 1. The number of hydrogen-bond donors (Lipinski definition) is 1. The fourth-order valence-corrected chi connectivity index (χ4v) is 3.56. The van der Waals surface area contributed by atoms with E-state index in [-0.39, 0.29) is 34.3 Å². The zero-order valence-electron chi connectivity index (χ0n) is 15.1. The first-order valence-corrected chi connectivity index (χ1v) is 8.88. The molecule has 3 aromatic rings. The van der Waals surface area contributed by atoms with E-state index in [2.05, 4.69) is 15.0 Å². The molecule has 0 bridgehead atoms. The highest BCUT2D eigenvalue weighted by atomic mass is 35.5. The van der Waals surface area contributed by atoms with Gasteiger partial charge in [0.2, 0.25) is 5.88 Å². The van der Waals surface area contributed by atoms with Crippen molar-refractivity contribution in [2.75, 3.05) is 20.0 Å². The van der Waals surface area contributed by atoms with Crippen molar-refractivity contribution in [3.63, 3.8) is 0 Å². The smallest absolute Gasteiger partial charge is 0.318 e. The van der Waals surface area contributed by atoms with Crippen molar-refractivity contribution < 1.29 is 13.9 Å². The largest absolute Gasteiger partial charge is 0.480 e. The SMILES string of the molecule is COc1nc(N)c2c(OC)nc(-c3ccc(C)c(Cl)c3C3CC3)c(F)c2n1. The van der Waals surface area contributed by atoms with E-state index in [0.29, 0.717) is 16.5 Å². The molecular weight excluding hydrogens is 371 g/mol. The van der Waals surface area contributed by atoms with Crippen LogP contribution in [0.5, 0.6) is 11.9 Å². The molecule has 0 radical (unpaired) electrons. The summed E-state index contributed by atoms with van der Waals surface area (Å²) in [6.45, 7) is 1.93. The maximum atomic E-state index is 15.5. The summed E-state index contributed by atoms with van der Waals surface area (Å²) in [6, 6.07) is 3.67. The van der Waals surface area contributed by atoms with Gasteiger partial charge in [0.05, 0.1) is 14.2 Å². The normalized spacial score (nSPS) is 13.8. The van der Waals surface area contributed by atoms with Gasteiger partial charge in [-0.05, 0) is 36.8 Å². The van der Waals surface area contributed by atoms with Crippen molar-refractivity contribution in [3.8, 4) is 23.1 Å². The molecule has 0 unspecified atom stereocenters. The first-order chi connectivity index (χ1) is 13.0. The number of halogens is 2. The molecule has 0 aliphatic heterocycles. The minimum atomic E-state index is -0.611. The van der Waals surface area contributed by atoms with Crippen molar-refractivity contribution in [1.82, 2.24) is 15.0 Å². The van der Waals surface area contributed by atoms with Crippen molar-refractivity contribution in [2.45, 2.75) is 25.7 Å². The first kappa shape index (κ1) is 17.7. The van der Waals surface area contributed by atoms with E-state index in [1.165, 1.54) is 14.2 Å². The number of aryl methyl sites for hydroxylation is 1. The molecule has 2 aromatic heterocycles. The second kappa shape index (κ2) is 6.49. The van der Waals surface area contributed by atoms with Crippen LogP contribution >= 0.6 is 11.6 Å². The summed E-state index contributed by atoms with van der Waals surface area (Å²) in [6.07, 6.45) is 2.04. The van der Waals surface area contributed by atoms with Gasteiger partial charge in [0, 0.05) is 10.6 Å². The number of methoxy groups -OCH3 is 2. The van der Waals surface area contributed by atoms with Gasteiger partial charge in [-0.1, -0.05) is 23.7 Å². The zero-order valence-corrected chi connectivity index (χ0v) is 15.9. The number of fused-ring (bicyclic) bond motifs is 1. The van der Waals surface area contributed by atoms with E-state index in [9.17, 15) is 0 Å². The number of nitrogens with zero attached hydrogens (tertiary/aromatic N) is 3. The number of nitrogen functional groups attached to an aromatic ring is 1. The molecular formula is C19H18ClFN4O2. The molecule has 2 heterocycles. The number of pyridine rings is 1. The van der Waals surface area contributed by atoms with Gasteiger partial charge in [0.15, 0.2) is 5.82 Å². The third-order valence-corrected chi connectivity index (χ3v) is 5.25. The van der Waals surface area contributed by atoms with Crippen LogP contribution in [0, 0.1) is 12.7 Å². The molecule has 1 aromatic carbocycles. The van der Waals surface area contributed by atoms with Crippen LogP contribution in [0.15, 0.2) is 12.1 Å². The van der Waals surface area contributed by atoms with Crippen molar-refractivity contribution >= 4 is 28.3 Å². The van der Waals surface area contributed by atoms with Gasteiger partial charge in [0.1, 0.15) is 22.4 Å². The standard InChI is InChI=1S/C19H18ClFN4O2/c1-8-4-7-10(11(13(8)20)9-5-6-9)15-14(21)16-12(18(23-15)26-2)17(22)25-19(24-16)27-3/h4,7,9H,5-6H2,1-3H3,(H2,22,24,25). The van der Waals surface area contributed by atoms with Gasteiger partial charge in [-0.2, -0.15) is 9.97 Å². The van der Waals surface area contributed by atoms with Crippen molar-refractivity contribution in [2.24, 2.45) is 0 Å². The van der Waals surface area contributed by atoms with Gasteiger partial charge in [-0.3, -0.25) is 0 Å². The predicted octanol–water partition coefficient (Wildman–Crippen LogP) is 4.27. The number of nitrogens with two attached hydrogens (primary N) is 1. The third kappa shape index (κ3) is 2.82. The number of ether oxygens (including phenoxy) is 2. The Morgan fingerprint density at radius 2 is 1.89 bits per heavy atom. The maximum Gasteiger partial charge on any atom is 0.318 e. The van der Waals surface area contributed by atoms with Crippen LogP contribution in [0.2, 0.25) is 5.02 Å². The molecule has 0 amide bonds. The van der Waals surface area contributed by atoms with Gasteiger partial charge >= 0.3 is 6.01 Å². The van der Waals surface area contributed by atoms with Crippen LogP contribution in [-0.4, -0.2) is 29.2 Å². The molecule has 0 spiro atoms. The zero-order chi connectivity index (χ0) is 19.3. The molecule has 8 heteroatoms. The summed E-state index contributed by atoms with van der Waals surface area (Å²) in [7, 11) is 2.83. The van der Waals surface area contributed by atoms with Gasteiger partial charge in [0.25, 0.3) is 0 Å². The minimum absolute atomic E-state index is 0.000329. The summed E-state index contributed by atoms with van der Waals surface area (Å²) >= 11 is 6.55. The molecule has 1 fully saturated rings. The lowest BCUT2D eigenvalue weighted by atomic mass is 9.97. The molecule has 27 heavy (non-hydrogen) atoms. The van der Waals surface area contributed by atoms with E-state index >= 15 is 4.39 Å². The van der Waals surface area contributed by atoms with E-state index in [1.54, 1.807) is 0 Å². The van der Waals surface area contributed by atoms with Crippen LogP contribution < -0.4 is 15.2 Å². The predicted molar refractivity (Wildman–Crippen MR) is 102 cm³/mol. The Bertz CT molecular complexity index is 1070. The molecule has 0 atom stereocenters. The molecule has 1 saturated carbocycles. The molecule has 1 aliphatic rings. The van der Waals surface area contributed by atoms with Crippen molar-refractivity contribution in [3.05, 3.63) is 34.1 Å². The molecule has 4 rings (SSSR count).